The lowest BCUT2D eigenvalue weighted by Crippen LogP contribution is -2.41. The van der Waals surface area contributed by atoms with Gasteiger partial charge >= 0.3 is 0 Å². The molecule has 0 aliphatic heterocycles. The van der Waals surface area contributed by atoms with Crippen LogP contribution < -0.4 is 0 Å². The maximum atomic E-state index is 10.3. The average molecular weight is 184 g/mol. The van der Waals surface area contributed by atoms with Gasteiger partial charge in [0.25, 0.3) is 0 Å². The summed E-state index contributed by atoms with van der Waals surface area (Å²) in [6, 6.07) is 0. The molecule has 0 spiro atoms. The Balaban J connectivity index is 2.65. The molecule has 0 amide bonds. The highest BCUT2D eigenvalue weighted by Gasteiger charge is 2.39. The fourth-order valence-corrected chi connectivity index (χ4v) is 2.04. The summed E-state index contributed by atoms with van der Waals surface area (Å²) in [6.45, 7) is 8.40. The molecule has 2 nitrogen and oxygen atoms in total. The summed E-state index contributed by atoms with van der Waals surface area (Å²) in [5.74, 6) is 0.836. The molecule has 2 atom stereocenters. The quantitative estimate of drug-likeness (QED) is 0.683. The van der Waals surface area contributed by atoms with Gasteiger partial charge in [0.15, 0.2) is 0 Å². The fourth-order valence-electron chi connectivity index (χ4n) is 2.04. The molecule has 0 saturated heterocycles. The zero-order valence-electron chi connectivity index (χ0n) is 8.68. The van der Waals surface area contributed by atoms with Crippen molar-refractivity contribution in [2.45, 2.75) is 45.1 Å². The summed E-state index contributed by atoms with van der Waals surface area (Å²) >= 11 is 0. The Labute approximate surface area is 80.6 Å². The predicted octanol–water partition coefficient (Wildman–Crippen LogP) is 2.48. The van der Waals surface area contributed by atoms with Gasteiger partial charge in [-0.1, -0.05) is 26.3 Å². The van der Waals surface area contributed by atoms with Gasteiger partial charge < -0.3 is 9.84 Å². The van der Waals surface area contributed by atoms with Gasteiger partial charge in [0.05, 0.1) is 6.61 Å². The van der Waals surface area contributed by atoms with Crippen LogP contribution in [0.25, 0.3) is 0 Å². The Hall–Kier alpha value is -0.500. The van der Waals surface area contributed by atoms with E-state index in [0.717, 1.165) is 19.3 Å². The number of rotatable bonds is 3. The standard InChI is InChI=1S/C11H20O2/c1-4-13-10(3)11(12)8-6-5-7-9(11)2/h9,12H,3-8H2,1-2H3. The molecule has 0 heterocycles. The minimum atomic E-state index is -0.770. The van der Waals surface area contributed by atoms with Gasteiger partial charge in [-0.05, 0) is 25.7 Å². The van der Waals surface area contributed by atoms with Gasteiger partial charge in [0.1, 0.15) is 11.4 Å². The summed E-state index contributed by atoms with van der Waals surface area (Å²) in [6.07, 6.45) is 4.16. The first-order valence-electron chi connectivity index (χ1n) is 5.15. The molecule has 0 bridgehead atoms. The van der Waals surface area contributed by atoms with Crippen molar-refractivity contribution in [3.63, 3.8) is 0 Å². The van der Waals surface area contributed by atoms with Crippen molar-refractivity contribution >= 4 is 0 Å². The van der Waals surface area contributed by atoms with E-state index in [1.54, 1.807) is 0 Å². The Bertz CT molecular complexity index is 189. The Morgan fingerprint density at radius 3 is 2.85 bits per heavy atom. The average Bonchev–Trinajstić information content (AvgIpc) is 2.11. The van der Waals surface area contributed by atoms with E-state index in [4.69, 9.17) is 4.74 Å². The Kier molecular flexibility index (Phi) is 3.37. The van der Waals surface area contributed by atoms with Gasteiger partial charge in [-0.15, -0.1) is 0 Å². The van der Waals surface area contributed by atoms with Crippen LogP contribution in [0.1, 0.15) is 39.5 Å². The molecule has 1 rings (SSSR count). The van der Waals surface area contributed by atoms with E-state index in [1.807, 2.05) is 6.92 Å². The first-order chi connectivity index (χ1) is 6.11. The third-order valence-electron chi connectivity index (χ3n) is 3.06. The van der Waals surface area contributed by atoms with E-state index in [0.29, 0.717) is 12.4 Å². The van der Waals surface area contributed by atoms with Crippen molar-refractivity contribution < 1.29 is 9.84 Å². The molecule has 2 heteroatoms. The van der Waals surface area contributed by atoms with E-state index >= 15 is 0 Å². The molecule has 2 unspecified atom stereocenters. The van der Waals surface area contributed by atoms with Crippen molar-refractivity contribution in [2.75, 3.05) is 6.61 Å². The first kappa shape index (κ1) is 10.6. The van der Waals surface area contributed by atoms with Crippen LogP contribution in [0.4, 0.5) is 0 Å². The second kappa shape index (κ2) is 4.14. The SMILES string of the molecule is C=C(OCC)C1(O)CCCCC1C. The topological polar surface area (TPSA) is 29.5 Å². The zero-order chi connectivity index (χ0) is 9.90. The highest BCUT2D eigenvalue weighted by atomic mass is 16.5. The largest absolute Gasteiger partial charge is 0.496 e. The third kappa shape index (κ3) is 2.05. The summed E-state index contributed by atoms with van der Waals surface area (Å²) < 4.78 is 5.31. The predicted molar refractivity (Wildman–Crippen MR) is 53.3 cm³/mol. The number of aliphatic hydroxyl groups is 1. The van der Waals surface area contributed by atoms with Crippen molar-refractivity contribution in [1.82, 2.24) is 0 Å². The number of hydrogen-bond donors (Lipinski definition) is 1. The normalized spacial score (nSPS) is 34.2. The summed E-state index contributed by atoms with van der Waals surface area (Å²) in [5.41, 5.74) is -0.770. The van der Waals surface area contributed by atoms with E-state index in [9.17, 15) is 5.11 Å². The molecular weight excluding hydrogens is 164 g/mol. The van der Waals surface area contributed by atoms with E-state index in [1.165, 1.54) is 6.42 Å². The molecule has 13 heavy (non-hydrogen) atoms. The first-order valence-corrected chi connectivity index (χ1v) is 5.15. The smallest absolute Gasteiger partial charge is 0.123 e. The van der Waals surface area contributed by atoms with Crippen molar-refractivity contribution in [3.05, 3.63) is 12.3 Å². The minimum Gasteiger partial charge on any atom is -0.496 e. The molecule has 1 saturated carbocycles. The fraction of sp³-hybridized carbons (Fsp3) is 0.818. The van der Waals surface area contributed by atoms with Crippen LogP contribution in [0.5, 0.6) is 0 Å². The van der Waals surface area contributed by atoms with Crippen LogP contribution >= 0.6 is 0 Å². The van der Waals surface area contributed by atoms with E-state index in [-0.39, 0.29) is 5.92 Å². The highest BCUT2D eigenvalue weighted by molar-refractivity contribution is 5.09. The second-order valence-corrected chi connectivity index (χ2v) is 3.93. The van der Waals surface area contributed by atoms with E-state index in [2.05, 4.69) is 13.5 Å². The zero-order valence-corrected chi connectivity index (χ0v) is 8.68. The summed E-state index contributed by atoms with van der Waals surface area (Å²) in [5, 5.41) is 10.3. The molecule has 0 radical (unpaired) electrons. The van der Waals surface area contributed by atoms with Gasteiger partial charge in [0.2, 0.25) is 0 Å². The van der Waals surface area contributed by atoms with Crippen LogP contribution in [-0.2, 0) is 4.74 Å². The minimum absolute atomic E-state index is 0.278. The van der Waals surface area contributed by atoms with Crippen molar-refractivity contribution in [1.29, 1.82) is 0 Å². The molecule has 0 aromatic heterocycles. The van der Waals surface area contributed by atoms with E-state index < -0.39 is 5.60 Å². The van der Waals surface area contributed by atoms with Crippen LogP contribution in [0, 0.1) is 5.92 Å². The molecule has 1 aliphatic carbocycles. The van der Waals surface area contributed by atoms with Crippen LogP contribution in [0.3, 0.4) is 0 Å². The van der Waals surface area contributed by atoms with Gasteiger partial charge in [0, 0.05) is 0 Å². The molecule has 0 aromatic rings. The molecule has 0 aromatic carbocycles. The third-order valence-corrected chi connectivity index (χ3v) is 3.06. The molecule has 1 fully saturated rings. The number of hydrogen-bond acceptors (Lipinski definition) is 2. The van der Waals surface area contributed by atoms with Crippen molar-refractivity contribution in [3.8, 4) is 0 Å². The second-order valence-electron chi connectivity index (χ2n) is 3.93. The monoisotopic (exact) mass is 184 g/mol. The highest BCUT2D eigenvalue weighted by Crippen LogP contribution is 2.38. The lowest BCUT2D eigenvalue weighted by Gasteiger charge is -2.38. The molecule has 1 N–H and O–H groups in total. The summed E-state index contributed by atoms with van der Waals surface area (Å²) in [4.78, 5) is 0. The van der Waals surface area contributed by atoms with Gasteiger partial charge in [-0.2, -0.15) is 0 Å². The lowest BCUT2D eigenvalue weighted by molar-refractivity contribution is -0.0517. The number of ether oxygens (including phenoxy) is 1. The van der Waals surface area contributed by atoms with Crippen molar-refractivity contribution in [2.24, 2.45) is 5.92 Å². The molecule has 76 valence electrons. The maximum absolute atomic E-state index is 10.3. The van der Waals surface area contributed by atoms with Crippen LogP contribution in [-0.4, -0.2) is 17.3 Å². The Morgan fingerprint density at radius 1 is 1.62 bits per heavy atom. The summed E-state index contributed by atoms with van der Waals surface area (Å²) in [7, 11) is 0. The Morgan fingerprint density at radius 2 is 2.31 bits per heavy atom. The van der Waals surface area contributed by atoms with Crippen LogP contribution in [0.2, 0.25) is 0 Å². The van der Waals surface area contributed by atoms with Crippen LogP contribution in [0.15, 0.2) is 12.3 Å². The van der Waals surface area contributed by atoms with Gasteiger partial charge in [-0.25, -0.2) is 0 Å². The maximum Gasteiger partial charge on any atom is 0.123 e. The van der Waals surface area contributed by atoms with Gasteiger partial charge in [-0.3, -0.25) is 0 Å². The lowest BCUT2D eigenvalue weighted by atomic mass is 9.75. The molecule has 1 aliphatic rings. The molecular formula is C11H20O2.